The normalized spacial score (nSPS) is 28.7. The second-order valence-corrected chi connectivity index (χ2v) is 13.4. The number of alkyl halides is 1. The van der Waals surface area contributed by atoms with Crippen LogP contribution in [-0.2, 0) is 9.47 Å². The first kappa shape index (κ1) is 28.1. The van der Waals surface area contributed by atoms with Crippen molar-refractivity contribution in [3.8, 4) is 6.01 Å². The summed E-state index contributed by atoms with van der Waals surface area (Å²) in [6.45, 7) is 8.33. The highest BCUT2D eigenvalue weighted by atomic mass is 79.9. The minimum Gasteiger partial charge on any atom is -0.461 e. The molecule has 1 aromatic heterocycles. The quantitative estimate of drug-likeness (QED) is 0.432. The fraction of sp³-hybridized carbons (Fsp3) is 0.667. The van der Waals surface area contributed by atoms with Gasteiger partial charge in [0.1, 0.15) is 29.7 Å². The van der Waals surface area contributed by atoms with Gasteiger partial charge in [0.2, 0.25) is 0 Å². The summed E-state index contributed by atoms with van der Waals surface area (Å²) in [5.74, 6) is -0.152. The Balaban J connectivity index is 1.35. The number of ether oxygens (including phenoxy) is 3. The van der Waals surface area contributed by atoms with Gasteiger partial charge >= 0.3 is 12.1 Å². The zero-order valence-electron chi connectivity index (χ0n) is 22.8. The van der Waals surface area contributed by atoms with E-state index in [0.29, 0.717) is 50.5 Å². The molecule has 13 heteroatoms. The lowest BCUT2D eigenvalue weighted by Crippen LogP contribution is -2.66. The molecule has 0 N–H and O–H groups in total. The minimum absolute atomic E-state index is 0.0210. The number of hydrogen-bond acceptors (Lipinski definition) is 8. The van der Waals surface area contributed by atoms with Crippen LogP contribution in [0.1, 0.15) is 40.0 Å². The summed E-state index contributed by atoms with van der Waals surface area (Å²) in [4.78, 5) is 28.0. The zero-order valence-corrected chi connectivity index (χ0v) is 25.1. The third-order valence-corrected chi connectivity index (χ3v) is 9.48. The molecule has 0 spiro atoms. The molecule has 1 amide bonds. The van der Waals surface area contributed by atoms with Gasteiger partial charge in [0.15, 0.2) is 5.82 Å². The number of rotatable bonds is 4. The number of amides is 1. The predicted octanol–water partition coefficient (Wildman–Crippen LogP) is 4.96. The van der Waals surface area contributed by atoms with E-state index >= 15 is 4.39 Å². The van der Waals surface area contributed by atoms with Gasteiger partial charge in [-0.05, 0) is 62.2 Å². The number of aromatic nitrogens is 2. The van der Waals surface area contributed by atoms with E-state index in [1.807, 2.05) is 20.8 Å². The van der Waals surface area contributed by atoms with Gasteiger partial charge in [0, 0.05) is 31.4 Å². The highest BCUT2D eigenvalue weighted by molar-refractivity contribution is 9.10. The molecule has 218 valence electrons. The number of morpholine rings is 1. The molecule has 1 aromatic carbocycles. The highest BCUT2D eigenvalue weighted by Crippen LogP contribution is 2.42. The van der Waals surface area contributed by atoms with E-state index in [1.54, 1.807) is 11.0 Å². The fourth-order valence-corrected chi connectivity index (χ4v) is 7.02. The number of benzene rings is 1. The van der Waals surface area contributed by atoms with Gasteiger partial charge in [0.25, 0.3) is 0 Å². The molecule has 5 heterocycles. The molecule has 2 aromatic rings. The van der Waals surface area contributed by atoms with Crippen LogP contribution < -0.4 is 9.64 Å². The molecule has 6 rings (SSSR count). The highest BCUT2D eigenvalue weighted by Gasteiger charge is 2.49. The number of fused-ring (bicyclic) bond motifs is 4. The lowest BCUT2D eigenvalue weighted by atomic mass is 9.95. The zero-order chi connectivity index (χ0) is 28.4. The molecule has 4 aliphatic rings. The van der Waals surface area contributed by atoms with Crippen molar-refractivity contribution in [2.75, 3.05) is 50.9 Å². The van der Waals surface area contributed by atoms with Crippen molar-refractivity contribution in [1.82, 2.24) is 19.8 Å². The first-order chi connectivity index (χ1) is 18.9. The minimum atomic E-state index is -0.895. The van der Waals surface area contributed by atoms with Crippen molar-refractivity contribution in [2.45, 2.75) is 69.4 Å². The van der Waals surface area contributed by atoms with Crippen LogP contribution in [0.4, 0.5) is 19.4 Å². The molecule has 9 nitrogen and oxygen atoms in total. The Kier molecular flexibility index (Phi) is 7.28. The van der Waals surface area contributed by atoms with Crippen LogP contribution in [0.25, 0.3) is 10.9 Å². The first-order valence-electron chi connectivity index (χ1n) is 13.7. The Morgan fingerprint density at radius 1 is 1.25 bits per heavy atom. The van der Waals surface area contributed by atoms with Crippen molar-refractivity contribution in [3.63, 3.8) is 0 Å². The maximum atomic E-state index is 15.6. The summed E-state index contributed by atoms with van der Waals surface area (Å²) in [7, 11) is 0. The van der Waals surface area contributed by atoms with Crippen LogP contribution in [0.3, 0.4) is 0 Å². The average Bonchev–Trinajstić information content (AvgIpc) is 3.40. The number of hydrogen-bond donors (Lipinski definition) is 0. The average molecular weight is 645 g/mol. The standard InChI is InChI=1S/C27H33BrClF2N5O4/c1-26(2,3)40-25(37)34-10-16-12-38-13-17(11-34)36(16)23-18-7-19(29)20(28)21(31)22(18)32-24(33-23)39-14-27-5-4-6-35(27)9-15(30)8-27/h7,15-17H,4-6,8-14H2,1-3H3/t15-,16-,17+,27+/m1/s1. The van der Waals surface area contributed by atoms with Gasteiger partial charge in [-0.15, -0.1) is 0 Å². The number of halogens is 4. The summed E-state index contributed by atoms with van der Waals surface area (Å²) in [6, 6.07) is 1.14. The molecule has 4 aliphatic heterocycles. The molecule has 4 atom stereocenters. The summed E-state index contributed by atoms with van der Waals surface area (Å²) in [6.07, 6.45) is 0.926. The molecule has 0 saturated carbocycles. The van der Waals surface area contributed by atoms with Gasteiger partial charge < -0.3 is 24.0 Å². The lowest BCUT2D eigenvalue weighted by molar-refractivity contribution is -0.0107. The molecule has 4 fully saturated rings. The molecular weight excluding hydrogens is 612 g/mol. The van der Waals surface area contributed by atoms with Crippen LogP contribution in [0.5, 0.6) is 6.01 Å². The molecule has 40 heavy (non-hydrogen) atoms. The Morgan fingerprint density at radius 2 is 1.98 bits per heavy atom. The number of carbonyl (C=O) groups excluding carboxylic acids is 1. The Morgan fingerprint density at radius 3 is 2.67 bits per heavy atom. The lowest BCUT2D eigenvalue weighted by Gasteiger charge is -2.50. The topological polar surface area (TPSA) is 80.3 Å². The van der Waals surface area contributed by atoms with Crippen LogP contribution in [0.15, 0.2) is 10.5 Å². The Hall–Kier alpha value is -2.02. The van der Waals surface area contributed by atoms with Crippen molar-refractivity contribution in [1.29, 1.82) is 0 Å². The number of piperazine rings is 1. The third kappa shape index (κ3) is 5.09. The number of carbonyl (C=O) groups is 1. The van der Waals surface area contributed by atoms with E-state index in [1.165, 1.54) is 0 Å². The number of nitrogens with zero attached hydrogens (tertiary/aromatic N) is 5. The predicted molar refractivity (Wildman–Crippen MR) is 149 cm³/mol. The number of anilines is 1. The van der Waals surface area contributed by atoms with Crippen LogP contribution >= 0.6 is 27.5 Å². The Bertz CT molecular complexity index is 1320. The van der Waals surface area contributed by atoms with Crippen molar-refractivity contribution < 1.29 is 27.8 Å². The van der Waals surface area contributed by atoms with Gasteiger partial charge in [-0.2, -0.15) is 9.97 Å². The molecule has 2 bridgehead atoms. The molecule has 0 radical (unpaired) electrons. The van der Waals surface area contributed by atoms with Crippen molar-refractivity contribution >= 4 is 50.3 Å². The summed E-state index contributed by atoms with van der Waals surface area (Å²) in [5.41, 5.74) is -0.951. The maximum absolute atomic E-state index is 15.6. The van der Waals surface area contributed by atoms with Crippen LogP contribution in [-0.4, -0.2) is 101 Å². The summed E-state index contributed by atoms with van der Waals surface area (Å²) >= 11 is 9.61. The van der Waals surface area contributed by atoms with E-state index in [2.05, 4.69) is 30.7 Å². The van der Waals surface area contributed by atoms with Gasteiger partial charge in [0.05, 0.1) is 40.3 Å². The van der Waals surface area contributed by atoms with Crippen LogP contribution in [0.2, 0.25) is 5.02 Å². The van der Waals surface area contributed by atoms with Crippen molar-refractivity contribution in [2.24, 2.45) is 0 Å². The van der Waals surface area contributed by atoms with Gasteiger partial charge in [-0.3, -0.25) is 4.90 Å². The van der Waals surface area contributed by atoms with Gasteiger partial charge in [-0.25, -0.2) is 13.6 Å². The molecular formula is C27H33BrClF2N5O4. The second-order valence-electron chi connectivity index (χ2n) is 12.2. The van der Waals surface area contributed by atoms with E-state index in [4.69, 9.17) is 30.8 Å². The Labute approximate surface area is 245 Å². The van der Waals surface area contributed by atoms with Crippen LogP contribution in [0, 0.1) is 5.82 Å². The van der Waals surface area contributed by atoms with E-state index in [0.717, 1.165) is 19.4 Å². The smallest absolute Gasteiger partial charge is 0.410 e. The summed E-state index contributed by atoms with van der Waals surface area (Å²) in [5, 5.41) is 0.628. The SMILES string of the molecule is CC(C)(C)OC(=O)N1C[C@H]2COC[C@@H](C1)N2c1nc(OC[C@@]23CCCN2C[C@H](F)C3)nc2c(F)c(Br)c(Cl)cc12. The molecule has 0 aliphatic carbocycles. The monoisotopic (exact) mass is 643 g/mol. The van der Waals surface area contributed by atoms with Crippen molar-refractivity contribution in [3.05, 3.63) is 21.4 Å². The van der Waals surface area contributed by atoms with E-state index in [-0.39, 0.29) is 45.8 Å². The fourth-order valence-electron chi connectivity index (χ4n) is 6.53. The second kappa shape index (κ2) is 10.4. The largest absolute Gasteiger partial charge is 0.461 e. The summed E-state index contributed by atoms with van der Waals surface area (Å²) < 4.78 is 47.6. The van der Waals surface area contributed by atoms with Gasteiger partial charge in [-0.1, -0.05) is 11.6 Å². The first-order valence-corrected chi connectivity index (χ1v) is 14.8. The third-order valence-electron chi connectivity index (χ3n) is 8.18. The molecule has 0 unspecified atom stereocenters. The molecule has 4 saturated heterocycles. The van der Waals surface area contributed by atoms with E-state index in [9.17, 15) is 9.18 Å². The van der Waals surface area contributed by atoms with E-state index < -0.39 is 23.1 Å². The maximum Gasteiger partial charge on any atom is 0.410 e.